The highest BCUT2D eigenvalue weighted by molar-refractivity contribution is 7.89. The predicted octanol–water partition coefficient (Wildman–Crippen LogP) is 2.24. The number of carbonyl (C=O) groups excluding carboxylic acids is 3. The van der Waals surface area contributed by atoms with Crippen LogP contribution in [0.5, 0.6) is 11.5 Å². The summed E-state index contributed by atoms with van der Waals surface area (Å²) in [5, 5.41) is 0. The number of hydrogen-bond acceptors (Lipinski definition) is 10. The van der Waals surface area contributed by atoms with Gasteiger partial charge in [0.2, 0.25) is 10.0 Å². The van der Waals surface area contributed by atoms with E-state index >= 15 is 0 Å². The van der Waals surface area contributed by atoms with Crippen LogP contribution in [0.25, 0.3) is 10.2 Å². The van der Waals surface area contributed by atoms with Gasteiger partial charge in [-0.3, -0.25) is 9.59 Å². The maximum Gasteiger partial charge on any atom is 0.409 e. The number of rotatable bonds is 7. The lowest BCUT2D eigenvalue weighted by Crippen LogP contribution is -2.50. The lowest BCUT2D eigenvalue weighted by atomic mass is 10.2. The van der Waals surface area contributed by atoms with E-state index in [-0.39, 0.29) is 61.2 Å². The predicted molar refractivity (Wildman–Crippen MR) is 151 cm³/mol. The molecular formula is C27H30N4O9S2. The number of carbonyl (C=O) groups is 3. The zero-order valence-corrected chi connectivity index (χ0v) is 24.7. The summed E-state index contributed by atoms with van der Waals surface area (Å²) in [6.45, 7) is 5.20. The van der Waals surface area contributed by atoms with Gasteiger partial charge in [0.1, 0.15) is 19.8 Å². The molecule has 1 saturated heterocycles. The van der Waals surface area contributed by atoms with Gasteiger partial charge in [0.05, 0.1) is 28.3 Å². The average molecular weight is 619 g/mol. The summed E-state index contributed by atoms with van der Waals surface area (Å²) in [5.41, 5.74) is 0.806. The van der Waals surface area contributed by atoms with Gasteiger partial charge in [-0.1, -0.05) is 11.3 Å². The number of ether oxygens (including phenoxy) is 4. The van der Waals surface area contributed by atoms with Crippen LogP contribution in [-0.4, -0.2) is 92.8 Å². The molecule has 42 heavy (non-hydrogen) atoms. The summed E-state index contributed by atoms with van der Waals surface area (Å²) in [7, 11) is -3.84. The Balaban J connectivity index is 1.39. The molecule has 224 valence electrons. The normalized spacial score (nSPS) is 16.0. The van der Waals surface area contributed by atoms with Gasteiger partial charge in [0.25, 0.3) is 5.91 Å². The molecule has 0 saturated carbocycles. The molecule has 0 aliphatic carbocycles. The molecular weight excluding hydrogens is 588 g/mol. The van der Waals surface area contributed by atoms with Crippen LogP contribution >= 0.6 is 11.3 Å². The molecule has 0 bridgehead atoms. The van der Waals surface area contributed by atoms with Crippen LogP contribution in [0.3, 0.4) is 0 Å². The Morgan fingerprint density at radius 3 is 2.21 bits per heavy atom. The molecule has 2 aliphatic heterocycles. The molecule has 0 atom stereocenters. The van der Waals surface area contributed by atoms with Gasteiger partial charge in [-0.05, 0) is 38.1 Å². The maximum atomic E-state index is 13.2. The molecule has 0 spiro atoms. The molecule has 1 fully saturated rings. The number of hydrogen-bond donors (Lipinski definition) is 0. The first-order valence-electron chi connectivity index (χ1n) is 13.4. The Hall–Kier alpha value is -3.95. The first-order valence-corrected chi connectivity index (χ1v) is 15.7. The highest BCUT2D eigenvalue weighted by Crippen LogP contribution is 2.35. The number of sulfonamides is 1. The summed E-state index contributed by atoms with van der Waals surface area (Å²) >= 11 is 1.20. The summed E-state index contributed by atoms with van der Waals surface area (Å²) in [6.07, 6.45) is -0.468. The molecule has 3 heterocycles. The summed E-state index contributed by atoms with van der Waals surface area (Å²) < 4.78 is 51.5. The van der Waals surface area contributed by atoms with Crippen molar-refractivity contribution in [2.45, 2.75) is 25.3 Å². The summed E-state index contributed by atoms with van der Waals surface area (Å²) in [4.78, 5) is 43.5. The van der Waals surface area contributed by atoms with Gasteiger partial charge in [0.15, 0.2) is 16.3 Å². The van der Waals surface area contributed by atoms with E-state index in [9.17, 15) is 22.8 Å². The molecule has 0 N–H and O–H groups in total. The average Bonchev–Trinajstić information content (AvgIpc) is 3.31. The van der Waals surface area contributed by atoms with E-state index in [0.29, 0.717) is 30.2 Å². The number of benzene rings is 2. The number of nitrogens with zero attached hydrogens (tertiary/aromatic N) is 4. The number of thiazole rings is 1. The Labute approximate surface area is 245 Å². The van der Waals surface area contributed by atoms with Crippen molar-refractivity contribution < 1.29 is 41.7 Å². The van der Waals surface area contributed by atoms with Crippen LogP contribution in [0.4, 0.5) is 4.79 Å². The molecule has 5 rings (SSSR count). The molecule has 0 radical (unpaired) electrons. The van der Waals surface area contributed by atoms with Crippen LogP contribution in [0.2, 0.25) is 0 Å². The van der Waals surface area contributed by atoms with Gasteiger partial charge in [-0.2, -0.15) is 9.30 Å². The maximum absolute atomic E-state index is 13.2. The van der Waals surface area contributed by atoms with Crippen molar-refractivity contribution in [2.24, 2.45) is 4.99 Å². The van der Waals surface area contributed by atoms with Gasteiger partial charge < -0.3 is 28.4 Å². The molecule has 2 amide bonds. The highest BCUT2D eigenvalue weighted by atomic mass is 32.2. The van der Waals surface area contributed by atoms with Crippen LogP contribution in [0.1, 0.15) is 24.2 Å². The minimum atomic E-state index is -3.84. The van der Waals surface area contributed by atoms with Crippen LogP contribution in [0.15, 0.2) is 46.3 Å². The third kappa shape index (κ3) is 6.12. The van der Waals surface area contributed by atoms with Crippen LogP contribution < -0.4 is 14.3 Å². The second kappa shape index (κ2) is 12.5. The first kappa shape index (κ1) is 29.5. The lowest BCUT2D eigenvalue weighted by molar-refractivity contribution is -0.143. The fraction of sp³-hybridized carbons (Fsp3) is 0.407. The zero-order chi connectivity index (χ0) is 29.9. The largest absolute Gasteiger partial charge is 0.486 e. The number of amides is 2. The Bertz CT molecular complexity index is 1670. The Morgan fingerprint density at radius 2 is 1.57 bits per heavy atom. The van der Waals surface area contributed by atoms with E-state index in [4.69, 9.17) is 18.9 Å². The first-order chi connectivity index (χ1) is 20.2. The van der Waals surface area contributed by atoms with Crippen molar-refractivity contribution in [1.82, 2.24) is 13.8 Å². The quantitative estimate of drug-likeness (QED) is 0.364. The fourth-order valence-electron chi connectivity index (χ4n) is 4.58. The van der Waals surface area contributed by atoms with Crippen molar-refractivity contribution >= 4 is 49.5 Å². The fourth-order valence-corrected chi connectivity index (χ4v) is 7.04. The van der Waals surface area contributed by atoms with Crippen LogP contribution in [0, 0.1) is 0 Å². The van der Waals surface area contributed by atoms with E-state index in [1.807, 2.05) is 0 Å². The molecule has 13 nitrogen and oxygen atoms in total. The molecule has 2 aromatic carbocycles. The lowest BCUT2D eigenvalue weighted by Gasteiger charge is -2.33. The standard InChI is InChI=1S/C27H30N4O9S2/c1-3-37-24(32)17-31-20-15-21-22(40-14-13-39-21)16-23(20)41-26(31)28-25(33)18-5-7-19(8-6-18)42(35,36)30-11-9-29(10-12-30)27(34)38-4-2/h5-8,15-16H,3-4,9-14,17H2,1-2H3. The van der Waals surface area contributed by atoms with Crippen molar-refractivity contribution in [2.75, 3.05) is 52.6 Å². The van der Waals surface area contributed by atoms with E-state index in [2.05, 4.69) is 4.99 Å². The van der Waals surface area contributed by atoms with E-state index in [1.165, 1.54) is 44.8 Å². The third-order valence-electron chi connectivity index (χ3n) is 6.64. The highest BCUT2D eigenvalue weighted by Gasteiger charge is 2.30. The van der Waals surface area contributed by atoms with E-state index in [1.54, 1.807) is 30.5 Å². The molecule has 1 aromatic heterocycles. The van der Waals surface area contributed by atoms with Gasteiger partial charge >= 0.3 is 12.1 Å². The summed E-state index contributed by atoms with van der Waals surface area (Å²) in [5.74, 6) is -0.00142. The smallest absolute Gasteiger partial charge is 0.409 e. The van der Waals surface area contributed by atoms with Crippen molar-refractivity contribution in [3.8, 4) is 11.5 Å². The third-order valence-corrected chi connectivity index (χ3v) is 9.59. The van der Waals surface area contributed by atoms with E-state index in [0.717, 1.165) is 4.70 Å². The number of fused-ring (bicyclic) bond motifs is 2. The number of esters is 1. The minimum Gasteiger partial charge on any atom is -0.486 e. The molecule has 2 aliphatic rings. The molecule has 3 aromatic rings. The van der Waals surface area contributed by atoms with E-state index < -0.39 is 28.0 Å². The van der Waals surface area contributed by atoms with Crippen molar-refractivity contribution in [3.63, 3.8) is 0 Å². The molecule has 0 unspecified atom stereocenters. The summed E-state index contributed by atoms with van der Waals surface area (Å²) in [6, 6.07) is 9.04. The number of piperazine rings is 1. The Morgan fingerprint density at radius 1 is 0.929 bits per heavy atom. The zero-order valence-electron chi connectivity index (χ0n) is 23.1. The Kier molecular flexibility index (Phi) is 8.80. The second-order valence-corrected chi connectivity index (χ2v) is 12.2. The SMILES string of the molecule is CCOC(=O)Cn1c(=NC(=O)c2ccc(S(=O)(=O)N3CCN(C(=O)OCC)CC3)cc2)sc2cc3c(cc21)OCCO3. The van der Waals surface area contributed by atoms with Gasteiger partial charge in [-0.25, -0.2) is 13.2 Å². The monoisotopic (exact) mass is 618 g/mol. The van der Waals surface area contributed by atoms with Crippen molar-refractivity contribution in [1.29, 1.82) is 0 Å². The second-order valence-electron chi connectivity index (χ2n) is 9.27. The van der Waals surface area contributed by atoms with Gasteiger partial charge in [0, 0.05) is 43.9 Å². The number of aromatic nitrogens is 1. The topological polar surface area (TPSA) is 146 Å². The molecule has 15 heteroatoms. The van der Waals surface area contributed by atoms with Gasteiger partial charge in [-0.15, -0.1) is 0 Å². The minimum absolute atomic E-state index is 0.0217. The van der Waals surface area contributed by atoms with Crippen molar-refractivity contribution in [3.05, 3.63) is 46.8 Å². The van der Waals surface area contributed by atoms with Crippen LogP contribution in [-0.2, 0) is 30.8 Å².